The third-order valence-corrected chi connectivity index (χ3v) is 9.84. The summed E-state index contributed by atoms with van der Waals surface area (Å²) in [5.41, 5.74) is 5.32. The molecule has 314 valence electrons. The first-order valence-corrected chi connectivity index (χ1v) is 22.5. The van der Waals surface area contributed by atoms with Crippen LogP contribution in [0, 0.1) is 0 Å². The quantitative estimate of drug-likeness (QED) is 0.0234. The van der Waals surface area contributed by atoms with Crippen LogP contribution in [0.1, 0.15) is 181 Å². The van der Waals surface area contributed by atoms with Crippen molar-refractivity contribution < 1.29 is 47.5 Å². The molecule has 0 spiro atoms. The van der Waals surface area contributed by atoms with Crippen molar-refractivity contribution in [2.24, 2.45) is 5.73 Å². The zero-order chi connectivity index (χ0) is 40.0. The van der Waals surface area contributed by atoms with Gasteiger partial charge in [0, 0.05) is 12.8 Å². The summed E-state index contributed by atoms with van der Waals surface area (Å²) in [4.78, 5) is 45.9. The van der Waals surface area contributed by atoms with Crippen LogP contribution in [0.15, 0.2) is 36.5 Å². The molecule has 0 amide bonds. The van der Waals surface area contributed by atoms with Crippen LogP contribution < -0.4 is 5.73 Å². The van der Waals surface area contributed by atoms with Crippen LogP contribution in [0.2, 0.25) is 0 Å². The number of phosphoric ester groups is 1. The first-order valence-electron chi connectivity index (χ1n) is 21.0. The van der Waals surface area contributed by atoms with Crippen LogP contribution in [-0.2, 0) is 37.5 Å². The predicted molar refractivity (Wildman–Crippen MR) is 217 cm³/mol. The van der Waals surface area contributed by atoms with Gasteiger partial charge in [0.15, 0.2) is 6.10 Å². The molecule has 4 N–H and O–H groups in total. The van der Waals surface area contributed by atoms with Gasteiger partial charge in [-0.15, -0.1) is 0 Å². The minimum atomic E-state index is -4.72. The van der Waals surface area contributed by atoms with Gasteiger partial charge in [-0.1, -0.05) is 153 Å². The summed E-state index contributed by atoms with van der Waals surface area (Å²) in [7, 11) is -4.72. The lowest BCUT2D eigenvalue weighted by Crippen LogP contribution is -2.34. The van der Waals surface area contributed by atoms with E-state index in [4.69, 9.17) is 24.8 Å². The number of rotatable bonds is 39. The summed E-state index contributed by atoms with van der Waals surface area (Å²) in [5.74, 6) is -2.40. The molecule has 3 atom stereocenters. The maximum absolute atomic E-state index is 12.6. The van der Waals surface area contributed by atoms with Gasteiger partial charge < -0.3 is 25.2 Å². The fraction of sp³-hybridized carbons (Fsp3) is 0.786. The molecule has 0 radical (unpaired) electrons. The lowest BCUT2D eigenvalue weighted by molar-refractivity contribution is -0.161. The molecule has 1 unspecified atom stereocenters. The molecule has 0 aliphatic rings. The standard InChI is InChI=1S/C42H76NO10P/c1-3-5-7-9-11-13-15-17-18-19-20-22-24-26-28-30-32-34-41(45)53-38(36-51-54(48,49)52-37-39(43)42(46)47)35-50-40(44)33-31-29-27-25-23-21-16-14-12-10-8-6-4-2/h11,13,17-18,20,22,38-39H,3-10,12,14-16,19,21,23-37,43H2,1-2H3,(H,46,47)(H,48,49)/t38-,39+/m1/s1. The normalized spacial score (nSPS) is 14.1. The molecule has 0 fully saturated rings. The van der Waals surface area contributed by atoms with Crippen LogP contribution in [-0.4, -0.2) is 59.9 Å². The molecule has 0 aromatic carbocycles. The minimum Gasteiger partial charge on any atom is -0.480 e. The minimum absolute atomic E-state index is 0.137. The second kappa shape index (κ2) is 37.6. The number of phosphoric acid groups is 1. The van der Waals surface area contributed by atoms with Crippen molar-refractivity contribution in [3.8, 4) is 0 Å². The van der Waals surface area contributed by atoms with E-state index in [-0.39, 0.29) is 19.4 Å². The van der Waals surface area contributed by atoms with Crippen molar-refractivity contribution in [3.63, 3.8) is 0 Å². The monoisotopic (exact) mass is 786 g/mol. The Hall–Kier alpha value is -2.30. The van der Waals surface area contributed by atoms with E-state index in [1.165, 1.54) is 77.0 Å². The Morgan fingerprint density at radius 1 is 0.574 bits per heavy atom. The van der Waals surface area contributed by atoms with Gasteiger partial charge in [-0.25, -0.2) is 4.57 Å². The Kier molecular flexibility index (Phi) is 36.0. The number of unbranched alkanes of at least 4 members (excludes halogenated alkanes) is 19. The Bertz CT molecular complexity index is 1060. The first-order chi connectivity index (χ1) is 26.1. The number of carboxylic acids is 1. The number of nitrogens with two attached hydrogens (primary N) is 1. The number of hydrogen-bond acceptors (Lipinski definition) is 9. The smallest absolute Gasteiger partial charge is 0.472 e. The maximum Gasteiger partial charge on any atom is 0.472 e. The van der Waals surface area contributed by atoms with Crippen molar-refractivity contribution in [3.05, 3.63) is 36.5 Å². The molecule has 12 heteroatoms. The largest absolute Gasteiger partial charge is 0.480 e. The molecule has 0 aliphatic carbocycles. The highest BCUT2D eigenvalue weighted by Gasteiger charge is 2.28. The Morgan fingerprint density at radius 3 is 1.50 bits per heavy atom. The highest BCUT2D eigenvalue weighted by atomic mass is 31.2. The molecule has 11 nitrogen and oxygen atoms in total. The van der Waals surface area contributed by atoms with Crippen molar-refractivity contribution in [2.75, 3.05) is 19.8 Å². The molecule has 0 heterocycles. The van der Waals surface area contributed by atoms with Crippen molar-refractivity contribution in [1.82, 2.24) is 0 Å². The molecule has 0 aromatic rings. The number of esters is 2. The van der Waals surface area contributed by atoms with E-state index in [1.54, 1.807) is 0 Å². The van der Waals surface area contributed by atoms with E-state index in [9.17, 15) is 23.8 Å². The van der Waals surface area contributed by atoms with E-state index in [1.807, 2.05) is 0 Å². The van der Waals surface area contributed by atoms with Gasteiger partial charge >= 0.3 is 25.7 Å². The lowest BCUT2D eigenvalue weighted by atomic mass is 10.0. The molecule has 54 heavy (non-hydrogen) atoms. The molecule has 0 bridgehead atoms. The van der Waals surface area contributed by atoms with E-state index < -0.39 is 51.1 Å². The highest BCUT2D eigenvalue weighted by Crippen LogP contribution is 2.43. The zero-order valence-electron chi connectivity index (χ0n) is 33.8. The van der Waals surface area contributed by atoms with E-state index in [0.29, 0.717) is 12.8 Å². The Balaban J connectivity index is 4.43. The predicted octanol–water partition coefficient (Wildman–Crippen LogP) is 10.8. The number of carbonyl (C=O) groups is 3. The van der Waals surface area contributed by atoms with E-state index in [2.05, 4.69) is 54.8 Å². The van der Waals surface area contributed by atoms with Gasteiger partial charge in [-0.05, 0) is 51.4 Å². The van der Waals surface area contributed by atoms with E-state index in [0.717, 1.165) is 64.2 Å². The summed E-state index contributed by atoms with van der Waals surface area (Å²) >= 11 is 0. The van der Waals surface area contributed by atoms with Gasteiger partial charge in [0.2, 0.25) is 0 Å². The highest BCUT2D eigenvalue weighted by molar-refractivity contribution is 7.47. The molecule has 0 aromatic heterocycles. The number of aliphatic carboxylic acids is 1. The van der Waals surface area contributed by atoms with Crippen LogP contribution >= 0.6 is 7.82 Å². The topological polar surface area (TPSA) is 172 Å². The maximum atomic E-state index is 12.6. The summed E-state index contributed by atoms with van der Waals surface area (Å²) in [6.07, 6.45) is 39.2. The molecular weight excluding hydrogens is 709 g/mol. The molecule has 0 saturated heterocycles. The van der Waals surface area contributed by atoms with Gasteiger partial charge in [0.05, 0.1) is 13.2 Å². The third-order valence-electron chi connectivity index (χ3n) is 8.89. The fourth-order valence-corrected chi connectivity index (χ4v) is 6.32. The van der Waals surface area contributed by atoms with Gasteiger partial charge in [0.1, 0.15) is 12.6 Å². The zero-order valence-corrected chi connectivity index (χ0v) is 34.7. The summed E-state index contributed by atoms with van der Waals surface area (Å²) in [5, 5.41) is 8.88. The number of carbonyl (C=O) groups excluding carboxylic acids is 2. The average Bonchev–Trinajstić information content (AvgIpc) is 3.14. The summed E-state index contributed by atoms with van der Waals surface area (Å²) < 4.78 is 32.6. The summed E-state index contributed by atoms with van der Waals surface area (Å²) in [6, 6.07) is -1.52. The Labute approximate surface area is 327 Å². The lowest BCUT2D eigenvalue weighted by Gasteiger charge is -2.20. The van der Waals surface area contributed by atoms with Gasteiger partial charge in [-0.3, -0.25) is 23.4 Å². The van der Waals surface area contributed by atoms with Crippen LogP contribution in [0.4, 0.5) is 0 Å². The Morgan fingerprint density at radius 2 is 0.981 bits per heavy atom. The second-order valence-electron chi connectivity index (χ2n) is 14.1. The van der Waals surface area contributed by atoms with Gasteiger partial charge in [-0.2, -0.15) is 0 Å². The third kappa shape index (κ3) is 36.7. The van der Waals surface area contributed by atoms with Crippen molar-refractivity contribution >= 4 is 25.7 Å². The van der Waals surface area contributed by atoms with Crippen LogP contribution in [0.5, 0.6) is 0 Å². The average molecular weight is 786 g/mol. The molecule has 0 rings (SSSR count). The molecule has 0 aliphatic heterocycles. The van der Waals surface area contributed by atoms with Crippen LogP contribution in [0.25, 0.3) is 0 Å². The SMILES string of the molecule is CCCCCC=CCC=CCC=CCCCCCCC(=O)O[C@H](COC(=O)CCCCCCCCCCCCCCC)COP(=O)(O)OC[C@H](N)C(=O)O. The van der Waals surface area contributed by atoms with Crippen molar-refractivity contribution in [1.29, 1.82) is 0 Å². The number of allylic oxidation sites excluding steroid dienone is 6. The molecule has 0 saturated carbocycles. The van der Waals surface area contributed by atoms with Crippen molar-refractivity contribution in [2.45, 2.75) is 193 Å². The second-order valence-corrected chi connectivity index (χ2v) is 15.6. The van der Waals surface area contributed by atoms with E-state index >= 15 is 0 Å². The first kappa shape index (κ1) is 51.7. The summed E-state index contributed by atoms with van der Waals surface area (Å²) in [6.45, 7) is 2.75. The number of hydrogen-bond donors (Lipinski definition) is 3. The fourth-order valence-electron chi connectivity index (χ4n) is 5.54. The number of ether oxygens (including phenoxy) is 2. The van der Waals surface area contributed by atoms with Crippen LogP contribution in [0.3, 0.4) is 0 Å². The van der Waals surface area contributed by atoms with Gasteiger partial charge in [0.25, 0.3) is 0 Å². The number of carboxylic acid groups (broad SMARTS) is 1. The molecular formula is C42H76NO10P.